The lowest BCUT2D eigenvalue weighted by Crippen LogP contribution is -1.95. The lowest BCUT2D eigenvalue weighted by molar-refractivity contribution is 0.317. The highest BCUT2D eigenvalue weighted by molar-refractivity contribution is 5.84. The van der Waals surface area contributed by atoms with Crippen molar-refractivity contribution < 1.29 is 22.3 Å². The molecular formula is C27H18F4O. The Hall–Kier alpha value is -3.78. The van der Waals surface area contributed by atoms with Crippen molar-refractivity contribution in [3.05, 3.63) is 101 Å². The summed E-state index contributed by atoms with van der Waals surface area (Å²) in [4.78, 5) is 0. The zero-order chi connectivity index (χ0) is 22.7. The fraction of sp³-hybridized carbons (Fsp3) is 0.111. The average Bonchev–Trinajstić information content (AvgIpc) is 2.78. The predicted octanol–water partition coefficient (Wildman–Crippen LogP) is 7.25. The Kier molecular flexibility index (Phi) is 6.13. The summed E-state index contributed by atoms with van der Waals surface area (Å²) in [6.45, 7) is 2.60. The van der Waals surface area contributed by atoms with Crippen LogP contribution >= 0.6 is 0 Å². The zero-order valence-corrected chi connectivity index (χ0v) is 17.2. The van der Waals surface area contributed by atoms with Gasteiger partial charge in [-0.25, -0.2) is 17.6 Å². The number of halogens is 4. The van der Waals surface area contributed by atoms with Crippen LogP contribution in [0.2, 0.25) is 0 Å². The number of fused-ring (bicyclic) bond motifs is 1. The Bertz CT molecular complexity index is 1330. The summed E-state index contributed by atoms with van der Waals surface area (Å²) in [7, 11) is 0. The first kappa shape index (κ1) is 21.5. The van der Waals surface area contributed by atoms with E-state index in [1.807, 2.05) is 6.92 Å². The summed E-state index contributed by atoms with van der Waals surface area (Å²) in [5.41, 5.74) is 1.10. The number of benzene rings is 4. The molecule has 32 heavy (non-hydrogen) atoms. The van der Waals surface area contributed by atoms with Crippen molar-refractivity contribution in [3.63, 3.8) is 0 Å². The molecule has 0 aliphatic carbocycles. The molecule has 0 unspecified atom stereocenters. The minimum absolute atomic E-state index is 0.359. The van der Waals surface area contributed by atoms with Crippen LogP contribution in [0.15, 0.2) is 66.7 Å². The van der Waals surface area contributed by atoms with Gasteiger partial charge in [-0.2, -0.15) is 0 Å². The second-order valence-corrected chi connectivity index (χ2v) is 7.27. The molecule has 0 saturated heterocycles. The largest absolute Gasteiger partial charge is 0.494 e. The fourth-order valence-corrected chi connectivity index (χ4v) is 3.28. The van der Waals surface area contributed by atoms with Crippen molar-refractivity contribution in [1.29, 1.82) is 0 Å². The Morgan fingerprint density at radius 2 is 1.31 bits per heavy atom. The number of ether oxygens (including phenoxy) is 1. The molecule has 0 aromatic heterocycles. The molecular weight excluding hydrogens is 416 g/mol. The highest BCUT2D eigenvalue weighted by Gasteiger charge is 2.11. The van der Waals surface area contributed by atoms with Crippen molar-refractivity contribution in [1.82, 2.24) is 0 Å². The Labute approximate surface area is 183 Å². The van der Waals surface area contributed by atoms with Crippen molar-refractivity contribution in [2.24, 2.45) is 0 Å². The Balaban J connectivity index is 1.61. The topological polar surface area (TPSA) is 9.23 Å². The van der Waals surface area contributed by atoms with E-state index in [1.54, 1.807) is 36.4 Å². The van der Waals surface area contributed by atoms with Gasteiger partial charge < -0.3 is 4.74 Å². The summed E-state index contributed by atoms with van der Waals surface area (Å²) in [5.74, 6) is 2.41. The van der Waals surface area contributed by atoms with Crippen molar-refractivity contribution in [3.8, 4) is 28.7 Å². The van der Waals surface area contributed by atoms with Crippen LogP contribution in [0, 0.1) is 35.1 Å². The summed E-state index contributed by atoms with van der Waals surface area (Å²) in [6, 6.07) is 16.3. The Morgan fingerprint density at radius 3 is 1.97 bits per heavy atom. The summed E-state index contributed by atoms with van der Waals surface area (Å²) < 4.78 is 61.6. The molecule has 0 heterocycles. The first-order valence-corrected chi connectivity index (χ1v) is 10.1. The van der Waals surface area contributed by atoms with Gasteiger partial charge in [-0.1, -0.05) is 37.0 Å². The van der Waals surface area contributed by atoms with E-state index in [0.29, 0.717) is 39.8 Å². The average molecular weight is 434 g/mol. The highest BCUT2D eigenvalue weighted by Crippen LogP contribution is 2.26. The van der Waals surface area contributed by atoms with E-state index in [2.05, 4.69) is 11.8 Å². The third kappa shape index (κ3) is 4.60. The minimum Gasteiger partial charge on any atom is -0.494 e. The van der Waals surface area contributed by atoms with Gasteiger partial charge in [0.15, 0.2) is 11.6 Å². The molecule has 0 amide bonds. The molecule has 1 nitrogen and oxygen atoms in total. The highest BCUT2D eigenvalue weighted by atomic mass is 19.2. The first-order valence-electron chi connectivity index (χ1n) is 10.1. The van der Waals surface area contributed by atoms with Crippen LogP contribution in [0.4, 0.5) is 17.6 Å². The fourth-order valence-electron chi connectivity index (χ4n) is 3.28. The molecule has 5 heteroatoms. The minimum atomic E-state index is -0.972. The van der Waals surface area contributed by atoms with Crippen LogP contribution in [0.5, 0.6) is 5.75 Å². The van der Waals surface area contributed by atoms with Gasteiger partial charge in [-0.15, -0.1) is 0 Å². The van der Waals surface area contributed by atoms with Gasteiger partial charge in [0.2, 0.25) is 0 Å². The zero-order valence-electron chi connectivity index (χ0n) is 17.2. The van der Waals surface area contributed by atoms with Crippen molar-refractivity contribution in [2.75, 3.05) is 6.61 Å². The Morgan fingerprint density at radius 1 is 0.656 bits per heavy atom. The predicted molar refractivity (Wildman–Crippen MR) is 117 cm³/mol. The molecule has 0 aliphatic rings. The van der Waals surface area contributed by atoms with E-state index < -0.39 is 23.3 Å². The molecule has 160 valence electrons. The monoisotopic (exact) mass is 434 g/mol. The van der Waals surface area contributed by atoms with E-state index in [1.165, 1.54) is 18.2 Å². The molecule has 0 radical (unpaired) electrons. The molecule has 4 aromatic rings. The molecule has 0 saturated carbocycles. The lowest BCUT2D eigenvalue weighted by Gasteiger charge is -2.07. The van der Waals surface area contributed by atoms with Crippen LogP contribution in [-0.2, 0) is 0 Å². The molecule has 0 fully saturated rings. The van der Waals surface area contributed by atoms with Gasteiger partial charge in [0.05, 0.1) is 12.2 Å². The normalized spacial score (nSPS) is 10.7. The van der Waals surface area contributed by atoms with Gasteiger partial charge in [-0.05, 0) is 76.9 Å². The molecule has 4 rings (SSSR count). The van der Waals surface area contributed by atoms with Gasteiger partial charge in [-0.3, -0.25) is 0 Å². The van der Waals surface area contributed by atoms with Crippen LogP contribution in [0.25, 0.3) is 21.9 Å². The van der Waals surface area contributed by atoms with Crippen LogP contribution in [-0.4, -0.2) is 6.61 Å². The summed E-state index contributed by atoms with van der Waals surface area (Å²) in [6.07, 6.45) is 0.884. The maximum Gasteiger partial charge on any atom is 0.159 e. The van der Waals surface area contributed by atoms with Crippen molar-refractivity contribution in [2.45, 2.75) is 13.3 Å². The van der Waals surface area contributed by atoms with E-state index in [4.69, 9.17) is 4.74 Å². The standard InChI is InChI=1S/C27H18F4O/c1-2-11-32-22-8-6-18(7-9-22)21-14-24(28)23(25(29)15-21)10-4-17-3-5-19-13-26(30)27(31)16-20(19)12-17/h3,5-9,12-16H,2,11H2,1H3. The van der Waals surface area contributed by atoms with Crippen molar-refractivity contribution >= 4 is 10.8 Å². The SMILES string of the molecule is CCCOc1ccc(-c2cc(F)c(C#Cc3ccc4cc(F)c(F)cc4c3)c(F)c2)cc1. The maximum absolute atomic E-state index is 14.6. The second-order valence-electron chi connectivity index (χ2n) is 7.27. The van der Waals surface area contributed by atoms with Crippen LogP contribution in [0.1, 0.15) is 24.5 Å². The van der Waals surface area contributed by atoms with Gasteiger partial charge in [0, 0.05) is 5.56 Å². The number of hydrogen-bond acceptors (Lipinski definition) is 1. The second kappa shape index (κ2) is 9.15. The van der Waals surface area contributed by atoms with E-state index >= 15 is 0 Å². The molecule has 0 bridgehead atoms. The molecule has 0 N–H and O–H groups in total. The number of rotatable bonds is 4. The molecule has 4 aromatic carbocycles. The van der Waals surface area contributed by atoms with E-state index in [9.17, 15) is 17.6 Å². The summed E-state index contributed by atoms with van der Waals surface area (Å²) >= 11 is 0. The third-order valence-electron chi connectivity index (χ3n) is 4.91. The lowest BCUT2D eigenvalue weighted by atomic mass is 10.0. The van der Waals surface area contributed by atoms with Crippen LogP contribution < -0.4 is 4.74 Å². The van der Waals surface area contributed by atoms with Gasteiger partial charge in [0.25, 0.3) is 0 Å². The quantitative estimate of drug-likeness (QED) is 0.243. The van der Waals surface area contributed by atoms with Crippen LogP contribution in [0.3, 0.4) is 0 Å². The van der Waals surface area contributed by atoms with E-state index in [0.717, 1.165) is 18.6 Å². The first-order chi connectivity index (χ1) is 15.4. The molecule has 0 atom stereocenters. The summed E-state index contributed by atoms with van der Waals surface area (Å²) in [5, 5.41) is 0.945. The smallest absolute Gasteiger partial charge is 0.159 e. The van der Waals surface area contributed by atoms with Gasteiger partial charge in [0.1, 0.15) is 17.4 Å². The van der Waals surface area contributed by atoms with Gasteiger partial charge >= 0.3 is 0 Å². The third-order valence-corrected chi connectivity index (χ3v) is 4.91. The maximum atomic E-state index is 14.6. The number of hydrogen-bond donors (Lipinski definition) is 0. The van der Waals surface area contributed by atoms with E-state index in [-0.39, 0.29) is 5.56 Å². The molecule has 0 aliphatic heterocycles. The molecule has 0 spiro atoms.